The Morgan fingerprint density at radius 2 is 0.850 bits per heavy atom. The molecule has 5 heteroatoms. The van der Waals surface area contributed by atoms with E-state index in [0.717, 1.165) is 63.2 Å². The van der Waals surface area contributed by atoms with Crippen LogP contribution in [0.15, 0.2) is 211 Å². The zero-order valence-corrected chi connectivity index (χ0v) is 33.0. The van der Waals surface area contributed by atoms with E-state index in [-0.39, 0.29) is 0 Å². The number of allylic oxidation sites excluding steroid dienone is 1. The number of dihydropyridines is 1. The molecule has 5 nitrogen and oxygen atoms in total. The minimum atomic E-state index is 0.304. The van der Waals surface area contributed by atoms with Gasteiger partial charge < -0.3 is 5.32 Å². The molecule has 60 heavy (non-hydrogen) atoms. The molecule has 10 rings (SSSR count). The van der Waals surface area contributed by atoms with E-state index in [0.29, 0.717) is 5.92 Å². The van der Waals surface area contributed by atoms with Gasteiger partial charge in [-0.1, -0.05) is 121 Å². The molecule has 2 aliphatic rings. The summed E-state index contributed by atoms with van der Waals surface area (Å²) in [4.78, 5) is 17.5. The molecule has 0 aliphatic carbocycles. The van der Waals surface area contributed by atoms with Gasteiger partial charge in [0.25, 0.3) is 0 Å². The highest BCUT2D eigenvalue weighted by molar-refractivity contribution is 5.85. The number of benzene rings is 7. The van der Waals surface area contributed by atoms with Crippen LogP contribution in [0.25, 0.3) is 83.5 Å². The lowest BCUT2D eigenvalue weighted by Crippen LogP contribution is -2.16. The first-order valence-electron chi connectivity index (χ1n) is 20.3. The molecule has 3 heterocycles. The summed E-state index contributed by atoms with van der Waals surface area (Å²) >= 11 is 0. The molecular weight excluding hydrogens is 731 g/mol. The highest BCUT2D eigenvalue weighted by atomic mass is 14.9. The summed E-state index contributed by atoms with van der Waals surface area (Å²) in [5.41, 5.74) is 19.6. The van der Waals surface area contributed by atoms with Crippen molar-refractivity contribution in [1.29, 1.82) is 0 Å². The maximum Gasteiger partial charge on any atom is 0.115 e. The van der Waals surface area contributed by atoms with Crippen molar-refractivity contribution in [3.05, 3.63) is 212 Å². The third-order valence-corrected chi connectivity index (χ3v) is 11.4. The standard InChI is InChI=1S/C55H41N5/c1-8-38(42-12-3-16-46(24-42)50-20-7-21-56-31-50)22-39(9-1)43-13-4-17-47(25-43)51-28-52(30-53(29-51)55-34-59-37-60-35-55)48-18-5-14-44(26-48)40-10-2-11-41(23-40)45-15-6-19-49(27-45)54-32-57-36-58-33-54/h1-30,32,34-37,50H,31,33H2,(H,57,58). The van der Waals surface area contributed by atoms with E-state index < -0.39 is 0 Å². The number of aliphatic imine (C=N–C) groups is 2. The summed E-state index contributed by atoms with van der Waals surface area (Å²) in [7, 11) is 0. The molecule has 0 fully saturated rings. The molecule has 1 atom stereocenters. The third-order valence-electron chi connectivity index (χ3n) is 11.4. The monoisotopic (exact) mass is 771 g/mol. The number of hydrogen-bond donors (Lipinski definition) is 1. The molecule has 1 N–H and O–H groups in total. The lowest BCUT2D eigenvalue weighted by molar-refractivity contribution is 0.846. The second-order valence-electron chi connectivity index (χ2n) is 15.3. The summed E-state index contributed by atoms with van der Waals surface area (Å²) in [6.45, 7) is 1.56. The average Bonchev–Trinajstić information content (AvgIpc) is 3.35. The van der Waals surface area contributed by atoms with Crippen LogP contribution in [-0.4, -0.2) is 35.6 Å². The third kappa shape index (κ3) is 7.89. The Bertz CT molecular complexity index is 2980. The number of rotatable bonds is 9. The predicted octanol–water partition coefficient (Wildman–Crippen LogP) is 12.8. The molecule has 0 saturated heterocycles. The van der Waals surface area contributed by atoms with Gasteiger partial charge in [-0.2, -0.15) is 0 Å². The number of hydrogen-bond acceptors (Lipinski definition) is 5. The Balaban J connectivity index is 0.987. The first-order valence-corrected chi connectivity index (χ1v) is 20.3. The van der Waals surface area contributed by atoms with Crippen LogP contribution in [0.4, 0.5) is 0 Å². The fourth-order valence-electron chi connectivity index (χ4n) is 8.19. The van der Waals surface area contributed by atoms with Crippen molar-refractivity contribution in [2.75, 3.05) is 13.1 Å². The predicted molar refractivity (Wildman–Crippen MR) is 250 cm³/mol. The molecule has 286 valence electrons. The van der Waals surface area contributed by atoms with E-state index in [4.69, 9.17) is 0 Å². The minimum absolute atomic E-state index is 0.304. The number of nitrogens with one attached hydrogen (secondary N) is 1. The van der Waals surface area contributed by atoms with Crippen LogP contribution in [0, 0.1) is 0 Å². The van der Waals surface area contributed by atoms with Crippen molar-refractivity contribution < 1.29 is 0 Å². The van der Waals surface area contributed by atoms with Crippen molar-refractivity contribution in [2.24, 2.45) is 9.98 Å². The van der Waals surface area contributed by atoms with Gasteiger partial charge in [-0.05, 0) is 144 Å². The van der Waals surface area contributed by atoms with Crippen LogP contribution in [0.1, 0.15) is 17.0 Å². The van der Waals surface area contributed by atoms with Gasteiger partial charge in [-0.3, -0.25) is 4.99 Å². The van der Waals surface area contributed by atoms with E-state index in [9.17, 15) is 0 Å². The van der Waals surface area contributed by atoms with Crippen molar-refractivity contribution in [2.45, 2.75) is 5.92 Å². The molecule has 7 aromatic carbocycles. The van der Waals surface area contributed by atoms with Gasteiger partial charge in [-0.15, -0.1) is 0 Å². The van der Waals surface area contributed by atoms with Crippen molar-refractivity contribution in [3.8, 4) is 77.9 Å². The zero-order valence-electron chi connectivity index (χ0n) is 33.0. The number of aromatic nitrogens is 2. The maximum absolute atomic E-state index is 4.49. The molecule has 0 radical (unpaired) electrons. The molecular formula is C55H41N5. The second-order valence-corrected chi connectivity index (χ2v) is 15.3. The minimum Gasteiger partial charge on any atom is -0.372 e. The van der Waals surface area contributed by atoms with Gasteiger partial charge >= 0.3 is 0 Å². The van der Waals surface area contributed by atoms with E-state index in [1.54, 1.807) is 12.7 Å². The largest absolute Gasteiger partial charge is 0.372 e. The second kappa shape index (κ2) is 16.6. The fourth-order valence-corrected chi connectivity index (χ4v) is 8.19. The van der Waals surface area contributed by atoms with Gasteiger partial charge in [0, 0.05) is 49.4 Å². The first-order chi connectivity index (χ1) is 29.7. The van der Waals surface area contributed by atoms with Crippen LogP contribution in [-0.2, 0) is 0 Å². The highest BCUT2D eigenvalue weighted by Gasteiger charge is 2.14. The van der Waals surface area contributed by atoms with Gasteiger partial charge in [-0.25, -0.2) is 15.0 Å². The van der Waals surface area contributed by atoms with Crippen molar-refractivity contribution >= 4 is 18.1 Å². The molecule has 0 amide bonds. The molecule has 1 aromatic heterocycles. The fraction of sp³-hybridized carbons (Fsp3) is 0.0545. The Morgan fingerprint density at radius 1 is 0.433 bits per heavy atom. The lowest BCUT2D eigenvalue weighted by atomic mass is 9.90. The van der Waals surface area contributed by atoms with Gasteiger partial charge in [0.2, 0.25) is 0 Å². The first kappa shape index (κ1) is 36.6. The summed E-state index contributed by atoms with van der Waals surface area (Å²) in [6.07, 6.45) is 15.2. The molecule has 2 aliphatic heterocycles. The van der Waals surface area contributed by atoms with Gasteiger partial charge in [0.15, 0.2) is 0 Å². The van der Waals surface area contributed by atoms with Crippen LogP contribution < -0.4 is 5.32 Å². The SMILES string of the molecule is C1=CC(c2cccc(-c3cccc(-c4cccc(-c5cc(-c6cncnc6)cc(-c6cccc(-c7cccc(-c8cccc(C9=CN=CNC9)c8)c7)c6)c5)c4)c3)c2)CN=C1. The smallest absolute Gasteiger partial charge is 0.115 e. The topological polar surface area (TPSA) is 62.5 Å². The summed E-state index contributed by atoms with van der Waals surface area (Å²) in [5, 5.41) is 3.22. The Hall–Kier alpha value is -7.76. The van der Waals surface area contributed by atoms with E-state index in [2.05, 4.69) is 195 Å². The summed E-state index contributed by atoms with van der Waals surface area (Å²) in [6, 6.07) is 59.7. The lowest BCUT2D eigenvalue weighted by Gasteiger charge is -2.15. The zero-order chi connectivity index (χ0) is 40.1. The Labute approximate surface area is 351 Å². The normalized spacial score (nSPS) is 14.4. The summed E-state index contributed by atoms with van der Waals surface area (Å²) in [5.74, 6) is 0.304. The molecule has 0 spiro atoms. The number of nitrogens with zero attached hydrogens (tertiary/aromatic N) is 4. The van der Waals surface area contributed by atoms with Crippen molar-refractivity contribution in [3.63, 3.8) is 0 Å². The molecule has 8 aromatic rings. The van der Waals surface area contributed by atoms with Crippen LogP contribution in [0.2, 0.25) is 0 Å². The van der Waals surface area contributed by atoms with Gasteiger partial charge in [0.1, 0.15) is 6.33 Å². The maximum atomic E-state index is 4.49. The van der Waals surface area contributed by atoms with E-state index in [1.165, 1.54) is 44.5 Å². The Kier molecular flexibility index (Phi) is 10.1. The van der Waals surface area contributed by atoms with Crippen LogP contribution >= 0.6 is 0 Å². The van der Waals surface area contributed by atoms with Gasteiger partial charge in [0.05, 0.1) is 6.34 Å². The van der Waals surface area contributed by atoms with E-state index >= 15 is 0 Å². The van der Waals surface area contributed by atoms with Crippen LogP contribution in [0.5, 0.6) is 0 Å². The average molecular weight is 772 g/mol. The van der Waals surface area contributed by atoms with Crippen molar-refractivity contribution in [1.82, 2.24) is 15.3 Å². The van der Waals surface area contributed by atoms with E-state index in [1.807, 2.05) is 30.9 Å². The molecule has 1 unspecified atom stereocenters. The van der Waals surface area contributed by atoms with Crippen LogP contribution in [0.3, 0.4) is 0 Å². The Morgan fingerprint density at radius 3 is 1.32 bits per heavy atom. The summed E-state index contributed by atoms with van der Waals surface area (Å²) < 4.78 is 0. The highest BCUT2D eigenvalue weighted by Crippen LogP contribution is 2.37. The molecule has 0 saturated carbocycles. The quantitative estimate of drug-likeness (QED) is 0.159. The molecule has 0 bridgehead atoms.